The minimum Gasteiger partial charge on any atom is -0.374 e. The molecule has 1 heterocycles. The standard InChI is InChI=1S/C10H17N/c1-3-10(2)11-8-6-4-5-7-9-11/h4-6,8,10H,3,7,9H2,1-2H3. The molecular formula is C10H17N. The van der Waals surface area contributed by atoms with Crippen LogP contribution in [0.5, 0.6) is 0 Å². The number of hydrogen-bond donors (Lipinski definition) is 0. The Balaban J connectivity index is 2.46. The molecule has 0 aliphatic carbocycles. The molecule has 0 saturated carbocycles. The van der Waals surface area contributed by atoms with Gasteiger partial charge in [-0.15, -0.1) is 0 Å². The Hall–Kier alpha value is -0.720. The van der Waals surface area contributed by atoms with Crippen molar-refractivity contribution in [3.8, 4) is 0 Å². The van der Waals surface area contributed by atoms with E-state index in [1.807, 2.05) is 0 Å². The second kappa shape index (κ2) is 4.22. The molecule has 0 saturated heterocycles. The van der Waals surface area contributed by atoms with Gasteiger partial charge in [-0.25, -0.2) is 0 Å². The summed E-state index contributed by atoms with van der Waals surface area (Å²) in [5.41, 5.74) is 0. The van der Waals surface area contributed by atoms with Gasteiger partial charge in [0, 0.05) is 12.6 Å². The molecule has 62 valence electrons. The summed E-state index contributed by atoms with van der Waals surface area (Å²) in [5.74, 6) is 0. The Kier molecular flexibility index (Phi) is 3.21. The molecule has 0 radical (unpaired) electrons. The predicted octanol–water partition coefficient (Wildman–Crippen LogP) is 2.56. The Morgan fingerprint density at radius 1 is 1.45 bits per heavy atom. The molecule has 0 spiro atoms. The first-order valence-corrected chi connectivity index (χ1v) is 4.43. The molecule has 1 aliphatic rings. The smallest absolute Gasteiger partial charge is 0.0253 e. The highest BCUT2D eigenvalue weighted by Gasteiger charge is 2.06. The van der Waals surface area contributed by atoms with Crippen LogP contribution in [0.15, 0.2) is 24.4 Å². The summed E-state index contributed by atoms with van der Waals surface area (Å²) in [6, 6.07) is 0.686. The van der Waals surface area contributed by atoms with Crippen LogP contribution in [0.2, 0.25) is 0 Å². The molecule has 0 fully saturated rings. The van der Waals surface area contributed by atoms with Gasteiger partial charge in [0.1, 0.15) is 0 Å². The Labute approximate surface area is 69.4 Å². The minimum absolute atomic E-state index is 0.686. The molecule has 1 rings (SSSR count). The van der Waals surface area contributed by atoms with Crippen molar-refractivity contribution < 1.29 is 0 Å². The van der Waals surface area contributed by atoms with Gasteiger partial charge in [-0.05, 0) is 32.0 Å². The molecular weight excluding hydrogens is 134 g/mol. The van der Waals surface area contributed by atoms with Crippen molar-refractivity contribution in [1.82, 2.24) is 4.90 Å². The molecule has 0 aromatic rings. The molecule has 1 aliphatic heterocycles. The van der Waals surface area contributed by atoms with Gasteiger partial charge in [0.2, 0.25) is 0 Å². The second-order valence-corrected chi connectivity index (χ2v) is 3.05. The van der Waals surface area contributed by atoms with Gasteiger partial charge in [-0.3, -0.25) is 0 Å². The second-order valence-electron chi connectivity index (χ2n) is 3.05. The Morgan fingerprint density at radius 2 is 2.27 bits per heavy atom. The number of rotatable bonds is 2. The van der Waals surface area contributed by atoms with Crippen LogP contribution in [0.25, 0.3) is 0 Å². The van der Waals surface area contributed by atoms with E-state index in [-0.39, 0.29) is 0 Å². The summed E-state index contributed by atoms with van der Waals surface area (Å²) in [7, 11) is 0. The third kappa shape index (κ3) is 2.41. The lowest BCUT2D eigenvalue weighted by atomic mass is 10.2. The van der Waals surface area contributed by atoms with Crippen molar-refractivity contribution in [2.45, 2.75) is 32.7 Å². The Bertz CT molecular complexity index is 158. The van der Waals surface area contributed by atoms with Crippen LogP contribution in [0.1, 0.15) is 26.7 Å². The van der Waals surface area contributed by atoms with Crippen LogP contribution in [-0.2, 0) is 0 Å². The van der Waals surface area contributed by atoms with Crippen LogP contribution in [0.4, 0.5) is 0 Å². The van der Waals surface area contributed by atoms with Gasteiger partial charge < -0.3 is 4.90 Å². The van der Waals surface area contributed by atoms with Crippen molar-refractivity contribution in [1.29, 1.82) is 0 Å². The predicted molar refractivity (Wildman–Crippen MR) is 49.4 cm³/mol. The van der Waals surface area contributed by atoms with Crippen LogP contribution < -0.4 is 0 Å². The zero-order valence-corrected chi connectivity index (χ0v) is 7.46. The maximum atomic E-state index is 2.40. The fraction of sp³-hybridized carbons (Fsp3) is 0.600. The monoisotopic (exact) mass is 151 g/mol. The fourth-order valence-electron chi connectivity index (χ4n) is 1.23. The maximum Gasteiger partial charge on any atom is 0.0253 e. The van der Waals surface area contributed by atoms with Gasteiger partial charge in [0.15, 0.2) is 0 Å². The third-order valence-corrected chi connectivity index (χ3v) is 2.24. The number of hydrogen-bond acceptors (Lipinski definition) is 1. The molecule has 0 aromatic heterocycles. The maximum absolute atomic E-state index is 2.40. The average molecular weight is 151 g/mol. The van der Waals surface area contributed by atoms with E-state index in [1.165, 1.54) is 19.4 Å². The zero-order valence-electron chi connectivity index (χ0n) is 7.46. The van der Waals surface area contributed by atoms with E-state index in [0.29, 0.717) is 6.04 Å². The topological polar surface area (TPSA) is 3.24 Å². The highest BCUT2D eigenvalue weighted by atomic mass is 15.1. The van der Waals surface area contributed by atoms with E-state index in [2.05, 4.69) is 43.2 Å². The lowest BCUT2D eigenvalue weighted by Crippen LogP contribution is -2.27. The molecule has 0 amide bonds. The number of allylic oxidation sites excluding steroid dienone is 2. The molecule has 1 nitrogen and oxygen atoms in total. The molecule has 1 heteroatoms. The highest BCUT2D eigenvalue weighted by Crippen LogP contribution is 2.07. The van der Waals surface area contributed by atoms with E-state index in [0.717, 1.165) is 0 Å². The summed E-state index contributed by atoms with van der Waals surface area (Å²) < 4.78 is 0. The molecule has 0 N–H and O–H groups in total. The van der Waals surface area contributed by atoms with Crippen LogP contribution >= 0.6 is 0 Å². The normalized spacial score (nSPS) is 20.0. The Morgan fingerprint density at radius 3 is 3.00 bits per heavy atom. The zero-order chi connectivity index (χ0) is 8.10. The van der Waals surface area contributed by atoms with Crippen molar-refractivity contribution in [3.05, 3.63) is 24.4 Å². The van der Waals surface area contributed by atoms with E-state index >= 15 is 0 Å². The van der Waals surface area contributed by atoms with Crippen LogP contribution in [0.3, 0.4) is 0 Å². The summed E-state index contributed by atoms with van der Waals surface area (Å²) in [4.78, 5) is 2.40. The van der Waals surface area contributed by atoms with Crippen molar-refractivity contribution in [3.63, 3.8) is 0 Å². The lowest BCUT2D eigenvalue weighted by molar-refractivity contribution is 0.293. The van der Waals surface area contributed by atoms with Crippen molar-refractivity contribution in [2.24, 2.45) is 0 Å². The summed E-state index contributed by atoms with van der Waals surface area (Å²) >= 11 is 0. The first-order chi connectivity index (χ1) is 5.34. The summed E-state index contributed by atoms with van der Waals surface area (Å²) in [6.45, 7) is 5.68. The summed E-state index contributed by atoms with van der Waals surface area (Å²) in [6.07, 6.45) is 11.1. The van der Waals surface area contributed by atoms with E-state index in [9.17, 15) is 0 Å². The highest BCUT2D eigenvalue weighted by molar-refractivity contribution is 5.05. The van der Waals surface area contributed by atoms with Gasteiger partial charge in [-0.1, -0.05) is 19.1 Å². The van der Waals surface area contributed by atoms with Gasteiger partial charge in [0.25, 0.3) is 0 Å². The number of nitrogens with zero attached hydrogens (tertiary/aromatic N) is 1. The summed E-state index contributed by atoms with van der Waals surface area (Å²) in [5, 5.41) is 0. The first-order valence-electron chi connectivity index (χ1n) is 4.43. The molecule has 0 aromatic carbocycles. The van der Waals surface area contributed by atoms with Crippen molar-refractivity contribution >= 4 is 0 Å². The minimum atomic E-state index is 0.686. The SMILES string of the molecule is CCC(C)N1C=CC=CCC1. The van der Waals surface area contributed by atoms with E-state index in [1.54, 1.807) is 0 Å². The lowest BCUT2D eigenvalue weighted by Gasteiger charge is -2.25. The fourth-order valence-corrected chi connectivity index (χ4v) is 1.23. The third-order valence-electron chi connectivity index (χ3n) is 2.24. The van der Waals surface area contributed by atoms with Crippen LogP contribution in [-0.4, -0.2) is 17.5 Å². The largest absolute Gasteiger partial charge is 0.374 e. The van der Waals surface area contributed by atoms with Gasteiger partial charge >= 0.3 is 0 Å². The molecule has 1 atom stereocenters. The van der Waals surface area contributed by atoms with E-state index < -0.39 is 0 Å². The molecule has 0 bridgehead atoms. The molecule has 11 heavy (non-hydrogen) atoms. The van der Waals surface area contributed by atoms with Gasteiger partial charge in [0.05, 0.1) is 0 Å². The quantitative estimate of drug-likeness (QED) is 0.586. The van der Waals surface area contributed by atoms with Gasteiger partial charge in [-0.2, -0.15) is 0 Å². The average Bonchev–Trinajstić information content (AvgIpc) is 2.30. The van der Waals surface area contributed by atoms with Crippen molar-refractivity contribution in [2.75, 3.05) is 6.54 Å². The van der Waals surface area contributed by atoms with Crippen LogP contribution in [0, 0.1) is 0 Å². The van der Waals surface area contributed by atoms with E-state index in [4.69, 9.17) is 0 Å². The molecule has 1 unspecified atom stereocenters. The first kappa shape index (κ1) is 8.38.